The van der Waals surface area contributed by atoms with Crippen LogP contribution in [0.4, 0.5) is 23.0 Å². The maximum atomic E-state index is 6.06. The summed E-state index contributed by atoms with van der Waals surface area (Å²) < 4.78 is 0.991. The van der Waals surface area contributed by atoms with Gasteiger partial charge in [0.05, 0.1) is 0 Å². The quantitative estimate of drug-likeness (QED) is 0.804. The fourth-order valence-corrected chi connectivity index (χ4v) is 1.99. The van der Waals surface area contributed by atoms with Crippen LogP contribution in [0, 0.1) is 0 Å². The minimum absolute atomic E-state index is 0.260. The Morgan fingerprint density at radius 2 is 1.95 bits per heavy atom. The van der Waals surface area contributed by atoms with E-state index < -0.39 is 0 Å². The Morgan fingerprint density at radius 1 is 1.21 bits per heavy atom. The molecule has 0 aliphatic rings. The molecule has 19 heavy (non-hydrogen) atoms. The van der Waals surface area contributed by atoms with Crippen molar-refractivity contribution in [2.75, 3.05) is 16.4 Å². The molecule has 0 saturated carbocycles. The standard InChI is InChI=1S/C13H16BrN5/c1-8(2)18-12-11(15)13(17-7-16-12)19-10-5-3-4-9(14)6-10/h3-8H,15H2,1-2H3,(H2,16,17,18,19). The lowest BCUT2D eigenvalue weighted by Gasteiger charge is -2.14. The van der Waals surface area contributed by atoms with Crippen LogP contribution < -0.4 is 16.4 Å². The Kier molecular flexibility index (Phi) is 4.21. The average Bonchev–Trinajstić information content (AvgIpc) is 2.34. The molecular weight excluding hydrogens is 306 g/mol. The van der Waals surface area contributed by atoms with Crippen molar-refractivity contribution in [1.29, 1.82) is 0 Å². The van der Waals surface area contributed by atoms with Gasteiger partial charge in [0.15, 0.2) is 11.6 Å². The summed E-state index contributed by atoms with van der Waals surface area (Å²) in [5.74, 6) is 1.23. The second kappa shape index (κ2) is 5.88. The lowest BCUT2D eigenvalue weighted by atomic mass is 10.3. The number of halogens is 1. The summed E-state index contributed by atoms with van der Waals surface area (Å²) in [5, 5.41) is 6.37. The smallest absolute Gasteiger partial charge is 0.159 e. The zero-order valence-electron chi connectivity index (χ0n) is 10.8. The molecule has 0 atom stereocenters. The number of rotatable bonds is 4. The topological polar surface area (TPSA) is 75.9 Å². The zero-order valence-corrected chi connectivity index (χ0v) is 12.4. The maximum Gasteiger partial charge on any atom is 0.159 e. The Bertz CT molecular complexity index is 571. The number of nitrogens with two attached hydrogens (primary N) is 1. The first-order valence-corrected chi connectivity index (χ1v) is 6.75. The minimum Gasteiger partial charge on any atom is -0.393 e. The predicted molar refractivity (Wildman–Crippen MR) is 82.6 cm³/mol. The van der Waals surface area contributed by atoms with Gasteiger partial charge in [-0.05, 0) is 32.0 Å². The van der Waals surface area contributed by atoms with Crippen molar-refractivity contribution in [3.63, 3.8) is 0 Å². The van der Waals surface area contributed by atoms with E-state index >= 15 is 0 Å². The molecule has 4 N–H and O–H groups in total. The van der Waals surface area contributed by atoms with Crippen LogP contribution in [0.1, 0.15) is 13.8 Å². The lowest BCUT2D eigenvalue weighted by Crippen LogP contribution is -2.14. The van der Waals surface area contributed by atoms with Gasteiger partial charge in [-0.2, -0.15) is 0 Å². The van der Waals surface area contributed by atoms with Crippen molar-refractivity contribution < 1.29 is 0 Å². The molecule has 0 aliphatic heterocycles. The van der Waals surface area contributed by atoms with Crippen LogP contribution in [0.25, 0.3) is 0 Å². The molecule has 0 aliphatic carbocycles. The van der Waals surface area contributed by atoms with E-state index in [1.54, 1.807) is 0 Å². The normalized spacial score (nSPS) is 10.5. The fourth-order valence-electron chi connectivity index (χ4n) is 1.59. The first kappa shape index (κ1) is 13.6. The van der Waals surface area contributed by atoms with Crippen LogP contribution >= 0.6 is 15.9 Å². The molecule has 2 aromatic rings. The Hall–Kier alpha value is -1.82. The monoisotopic (exact) mass is 321 g/mol. The van der Waals surface area contributed by atoms with E-state index in [4.69, 9.17) is 5.73 Å². The van der Waals surface area contributed by atoms with Gasteiger partial charge >= 0.3 is 0 Å². The van der Waals surface area contributed by atoms with Crippen LogP contribution in [0.15, 0.2) is 35.1 Å². The van der Waals surface area contributed by atoms with E-state index in [1.807, 2.05) is 38.1 Å². The number of nitrogen functional groups attached to an aromatic ring is 1. The summed E-state index contributed by atoms with van der Waals surface area (Å²) in [7, 11) is 0. The SMILES string of the molecule is CC(C)Nc1ncnc(Nc2cccc(Br)c2)c1N. The second-order valence-electron chi connectivity index (χ2n) is 4.42. The van der Waals surface area contributed by atoms with Gasteiger partial charge < -0.3 is 16.4 Å². The largest absolute Gasteiger partial charge is 0.393 e. The van der Waals surface area contributed by atoms with Gasteiger partial charge in [0.1, 0.15) is 12.0 Å². The highest BCUT2D eigenvalue weighted by atomic mass is 79.9. The Labute approximate surface area is 120 Å². The summed E-state index contributed by atoms with van der Waals surface area (Å²) in [6.07, 6.45) is 1.49. The second-order valence-corrected chi connectivity index (χ2v) is 5.33. The van der Waals surface area contributed by atoms with Crippen LogP contribution in [-0.2, 0) is 0 Å². The molecule has 0 bridgehead atoms. The number of nitrogens with one attached hydrogen (secondary N) is 2. The first-order chi connectivity index (χ1) is 9.06. The van der Waals surface area contributed by atoms with Gasteiger partial charge in [0, 0.05) is 16.2 Å². The lowest BCUT2D eigenvalue weighted by molar-refractivity contribution is 0.887. The molecule has 100 valence electrons. The van der Waals surface area contributed by atoms with E-state index in [0.717, 1.165) is 10.2 Å². The molecule has 1 heterocycles. The van der Waals surface area contributed by atoms with Gasteiger partial charge in [-0.15, -0.1) is 0 Å². The minimum atomic E-state index is 0.260. The third-order valence-electron chi connectivity index (χ3n) is 2.40. The maximum absolute atomic E-state index is 6.06. The van der Waals surface area contributed by atoms with Gasteiger partial charge in [0.2, 0.25) is 0 Å². The van der Waals surface area contributed by atoms with Crippen LogP contribution in [0.3, 0.4) is 0 Å². The number of benzene rings is 1. The molecule has 1 aromatic heterocycles. The molecule has 0 spiro atoms. The summed E-state index contributed by atoms with van der Waals surface area (Å²) >= 11 is 3.42. The first-order valence-electron chi connectivity index (χ1n) is 5.96. The molecular formula is C13H16BrN5. The van der Waals surface area contributed by atoms with Crippen LogP contribution in [-0.4, -0.2) is 16.0 Å². The molecule has 0 amide bonds. The summed E-state index contributed by atoms with van der Waals surface area (Å²) in [4.78, 5) is 8.31. The average molecular weight is 322 g/mol. The predicted octanol–water partition coefficient (Wildman–Crippen LogP) is 3.39. The number of aromatic nitrogens is 2. The molecule has 6 heteroatoms. The van der Waals surface area contributed by atoms with Crippen LogP contribution in [0.5, 0.6) is 0 Å². The fraction of sp³-hybridized carbons (Fsp3) is 0.231. The number of nitrogens with zero attached hydrogens (tertiary/aromatic N) is 2. The van der Waals surface area contributed by atoms with E-state index in [2.05, 4.69) is 36.5 Å². The zero-order chi connectivity index (χ0) is 13.8. The van der Waals surface area contributed by atoms with Gasteiger partial charge in [-0.25, -0.2) is 9.97 Å². The molecule has 1 aromatic carbocycles. The highest BCUT2D eigenvalue weighted by Gasteiger charge is 2.09. The van der Waals surface area contributed by atoms with E-state index in [9.17, 15) is 0 Å². The van der Waals surface area contributed by atoms with E-state index in [-0.39, 0.29) is 6.04 Å². The van der Waals surface area contributed by atoms with Crippen molar-refractivity contribution in [2.24, 2.45) is 0 Å². The molecule has 0 unspecified atom stereocenters. The van der Waals surface area contributed by atoms with Gasteiger partial charge in [0.25, 0.3) is 0 Å². The highest BCUT2D eigenvalue weighted by Crippen LogP contribution is 2.27. The van der Waals surface area contributed by atoms with Crippen molar-refractivity contribution in [3.8, 4) is 0 Å². The van der Waals surface area contributed by atoms with Crippen molar-refractivity contribution >= 4 is 38.9 Å². The van der Waals surface area contributed by atoms with Gasteiger partial charge in [-0.1, -0.05) is 22.0 Å². The van der Waals surface area contributed by atoms with Gasteiger partial charge in [-0.3, -0.25) is 0 Å². The summed E-state index contributed by atoms with van der Waals surface area (Å²) in [5.41, 5.74) is 7.48. The van der Waals surface area contributed by atoms with E-state index in [0.29, 0.717) is 17.3 Å². The summed E-state index contributed by atoms with van der Waals surface area (Å²) in [6, 6.07) is 8.06. The van der Waals surface area contributed by atoms with Crippen LogP contribution in [0.2, 0.25) is 0 Å². The van der Waals surface area contributed by atoms with Crippen molar-refractivity contribution in [3.05, 3.63) is 35.1 Å². The number of anilines is 4. The molecule has 0 fully saturated rings. The van der Waals surface area contributed by atoms with Crippen molar-refractivity contribution in [1.82, 2.24) is 9.97 Å². The third-order valence-corrected chi connectivity index (χ3v) is 2.89. The number of hydrogen-bond donors (Lipinski definition) is 3. The van der Waals surface area contributed by atoms with Crippen molar-refractivity contribution in [2.45, 2.75) is 19.9 Å². The number of hydrogen-bond acceptors (Lipinski definition) is 5. The molecule has 2 rings (SSSR count). The third kappa shape index (κ3) is 3.57. The highest BCUT2D eigenvalue weighted by molar-refractivity contribution is 9.10. The molecule has 5 nitrogen and oxygen atoms in total. The van der Waals surface area contributed by atoms with E-state index in [1.165, 1.54) is 6.33 Å². The Morgan fingerprint density at radius 3 is 2.63 bits per heavy atom. The Balaban J connectivity index is 2.25. The molecule has 0 radical (unpaired) electrons. The summed E-state index contributed by atoms with van der Waals surface area (Å²) in [6.45, 7) is 4.06. The molecule has 0 saturated heterocycles.